The normalized spacial score (nSPS) is 23.0. The van der Waals surface area contributed by atoms with Crippen LogP contribution in [0.5, 0.6) is 0 Å². The van der Waals surface area contributed by atoms with Crippen molar-refractivity contribution in [3.05, 3.63) is 12.2 Å². The molecule has 0 amide bonds. The molecule has 0 spiro atoms. The van der Waals surface area contributed by atoms with Crippen LogP contribution in [0.4, 0.5) is 0 Å². The lowest BCUT2D eigenvalue weighted by molar-refractivity contribution is 0.404. The fraction of sp³-hybridized carbons (Fsp3) is 0.800. The van der Waals surface area contributed by atoms with E-state index in [-0.39, 0.29) is 0 Å². The quantitative estimate of drug-likeness (QED) is 0.512. The molecule has 1 fully saturated rings. The molecular weight excluding hydrogens is 120 g/mol. The molecule has 0 atom stereocenters. The summed E-state index contributed by atoms with van der Waals surface area (Å²) in [5.74, 6) is 0. The van der Waals surface area contributed by atoms with Crippen molar-refractivity contribution < 1.29 is 0 Å². The average Bonchev–Trinajstić information content (AvgIpc) is 2.36. The molecule has 1 aliphatic rings. The number of allylic oxidation sites excluding steroid dienone is 1. The van der Waals surface area contributed by atoms with Gasteiger partial charge in [0.2, 0.25) is 0 Å². The molecular formula is C10H18. The molecule has 0 N–H and O–H groups in total. The Balaban J connectivity index is 2.58. The molecule has 0 radical (unpaired) electrons. The molecule has 0 heterocycles. The van der Waals surface area contributed by atoms with E-state index in [1.165, 1.54) is 31.3 Å². The summed E-state index contributed by atoms with van der Waals surface area (Å²) in [5.41, 5.74) is 1.97. The highest BCUT2D eigenvalue weighted by atomic mass is 14.3. The third kappa shape index (κ3) is 1.25. The van der Waals surface area contributed by atoms with E-state index in [2.05, 4.69) is 20.4 Å². The second kappa shape index (κ2) is 2.77. The molecule has 0 bridgehead atoms. The molecule has 1 rings (SSSR count). The van der Waals surface area contributed by atoms with Crippen molar-refractivity contribution in [2.45, 2.75) is 46.0 Å². The molecule has 1 saturated carbocycles. The van der Waals surface area contributed by atoms with E-state index < -0.39 is 0 Å². The summed E-state index contributed by atoms with van der Waals surface area (Å²) in [6.45, 7) is 8.71. The molecule has 0 aliphatic heterocycles. The van der Waals surface area contributed by atoms with Gasteiger partial charge in [-0.05, 0) is 24.7 Å². The fourth-order valence-corrected chi connectivity index (χ4v) is 1.94. The average molecular weight is 138 g/mol. The van der Waals surface area contributed by atoms with E-state index in [0.29, 0.717) is 5.41 Å². The highest BCUT2D eigenvalue weighted by Crippen LogP contribution is 2.43. The Morgan fingerprint density at radius 1 is 1.40 bits per heavy atom. The summed E-state index contributed by atoms with van der Waals surface area (Å²) in [7, 11) is 0. The third-order valence-corrected chi connectivity index (χ3v) is 2.99. The van der Waals surface area contributed by atoms with Crippen LogP contribution in [0.3, 0.4) is 0 Å². The fourth-order valence-electron chi connectivity index (χ4n) is 1.94. The Bertz CT molecular complexity index is 127. The molecule has 0 aromatic rings. The molecule has 0 unspecified atom stereocenters. The molecule has 0 nitrogen and oxygen atoms in total. The van der Waals surface area contributed by atoms with Gasteiger partial charge in [-0.1, -0.05) is 38.8 Å². The van der Waals surface area contributed by atoms with Crippen LogP contribution in [0.15, 0.2) is 12.2 Å². The van der Waals surface area contributed by atoms with Crippen molar-refractivity contribution in [2.75, 3.05) is 0 Å². The van der Waals surface area contributed by atoms with Gasteiger partial charge in [0.1, 0.15) is 0 Å². The summed E-state index contributed by atoms with van der Waals surface area (Å²) in [6, 6.07) is 0. The molecule has 58 valence electrons. The van der Waals surface area contributed by atoms with Gasteiger partial charge in [-0.15, -0.1) is 0 Å². The smallest absolute Gasteiger partial charge is 0.0119 e. The summed E-state index contributed by atoms with van der Waals surface area (Å²) in [5, 5.41) is 0. The SMILES string of the molecule is C=C(CC)C1(C)CCCC1. The molecule has 1 aliphatic carbocycles. The minimum absolute atomic E-state index is 0.509. The zero-order valence-electron chi connectivity index (χ0n) is 7.24. The van der Waals surface area contributed by atoms with Gasteiger partial charge in [0.05, 0.1) is 0 Å². The lowest BCUT2D eigenvalue weighted by Crippen LogP contribution is -2.12. The molecule has 0 heteroatoms. The van der Waals surface area contributed by atoms with Crippen LogP contribution in [0.25, 0.3) is 0 Å². The molecule has 10 heavy (non-hydrogen) atoms. The Kier molecular flexibility index (Phi) is 2.18. The van der Waals surface area contributed by atoms with Crippen molar-refractivity contribution in [3.63, 3.8) is 0 Å². The molecule has 0 aromatic heterocycles. The Morgan fingerprint density at radius 3 is 2.30 bits per heavy atom. The van der Waals surface area contributed by atoms with Crippen LogP contribution in [-0.2, 0) is 0 Å². The Labute approximate surface area is 64.3 Å². The van der Waals surface area contributed by atoms with Crippen molar-refractivity contribution in [3.8, 4) is 0 Å². The van der Waals surface area contributed by atoms with E-state index in [9.17, 15) is 0 Å². The highest BCUT2D eigenvalue weighted by Gasteiger charge is 2.29. The van der Waals surface area contributed by atoms with Crippen molar-refractivity contribution in [1.29, 1.82) is 0 Å². The van der Waals surface area contributed by atoms with E-state index >= 15 is 0 Å². The highest BCUT2D eigenvalue weighted by molar-refractivity contribution is 5.09. The van der Waals surface area contributed by atoms with E-state index in [4.69, 9.17) is 0 Å². The Hall–Kier alpha value is -0.260. The topological polar surface area (TPSA) is 0 Å². The molecule has 0 aromatic carbocycles. The monoisotopic (exact) mass is 138 g/mol. The predicted octanol–water partition coefficient (Wildman–Crippen LogP) is 3.53. The van der Waals surface area contributed by atoms with E-state index in [1.54, 1.807) is 0 Å². The van der Waals surface area contributed by atoms with Gasteiger partial charge in [-0.2, -0.15) is 0 Å². The lowest BCUT2D eigenvalue weighted by atomic mass is 9.80. The van der Waals surface area contributed by atoms with Crippen LogP contribution in [0, 0.1) is 5.41 Å². The summed E-state index contributed by atoms with van der Waals surface area (Å²) in [6.07, 6.45) is 6.74. The van der Waals surface area contributed by atoms with Crippen molar-refractivity contribution in [1.82, 2.24) is 0 Å². The van der Waals surface area contributed by atoms with Gasteiger partial charge in [-0.3, -0.25) is 0 Å². The molecule has 0 saturated heterocycles. The van der Waals surface area contributed by atoms with Gasteiger partial charge >= 0.3 is 0 Å². The number of hydrogen-bond donors (Lipinski definition) is 0. The van der Waals surface area contributed by atoms with Crippen LogP contribution < -0.4 is 0 Å². The van der Waals surface area contributed by atoms with Crippen LogP contribution in [0.2, 0.25) is 0 Å². The number of hydrogen-bond acceptors (Lipinski definition) is 0. The van der Waals surface area contributed by atoms with Gasteiger partial charge in [0, 0.05) is 0 Å². The first-order chi connectivity index (χ1) is 4.69. The van der Waals surface area contributed by atoms with E-state index in [0.717, 1.165) is 6.42 Å². The van der Waals surface area contributed by atoms with Crippen molar-refractivity contribution >= 4 is 0 Å². The number of rotatable bonds is 2. The van der Waals surface area contributed by atoms with Crippen LogP contribution >= 0.6 is 0 Å². The Morgan fingerprint density at radius 2 is 1.90 bits per heavy atom. The van der Waals surface area contributed by atoms with Gasteiger partial charge in [0.25, 0.3) is 0 Å². The van der Waals surface area contributed by atoms with Gasteiger partial charge in [0.15, 0.2) is 0 Å². The maximum atomic E-state index is 4.13. The first-order valence-electron chi connectivity index (χ1n) is 4.37. The first kappa shape index (κ1) is 7.84. The third-order valence-electron chi connectivity index (χ3n) is 2.99. The zero-order valence-corrected chi connectivity index (χ0v) is 7.24. The maximum absolute atomic E-state index is 4.13. The van der Waals surface area contributed by atoms with Crippen molar-refractivity contribution in [2.24, 2.45) is 5.41 Å². The summed E-state index contributed by atoms with van der Waals surface area (Å²) in [4.78, 5) is 0. The minimum Gasteiger partial charge on any atom is -0.0993 e. The standard InChI is InChI=1S/C10H18/c1-4-9(2)10(3)7-5-6-8-10/h2,4-8H2,1,3H3. The van der Waals surface area contributed by atoms with E-state index in [1.807, 2.05) is 0 Å². The first-order valence-corrected chi connectivity index (χ1v) is 4.37. The van der Waals surface area contributed by atoms with Gasteiger partial charge in [-0.25, -0.2) is 0 Å². The summed E-state index contributed by atoms with van der Waals surface area (Å²) < 4.78 is 0. The lowest BCUT2D eigenvalue weighted by Gasteiger charge is -2.25. The van der Waals surface area contributed by atoms with Gasteiger partial charge < -0.3 is 0 Å². The minimum atomic E-state index is 0.509. The second-order valence-corrected chi connectivity index (χ2v) is 3.72. The second-order valence-electron chi connectivity index (χ2n) is 3.72. The van der Waals surface area contributed by atoms with Crippen LogP contribution in [0.1, 0.15) is 46.0 Å². The summed E-state index contributed by atoms with van der Waals surface area (Å²) >= 11 is 0. The van der Waals surface area contributed by atoms with Crippen LogP contribution in [-0.4, -0.2) is 0 Å². The maximum Gasteiger partial charge on any atom is -0.0119 e. The largest absolute Gasteiger partial charge is 0.0993 e. The predicted molar refractivity (Wildman–Crippen MR) is 46.0 cm³/mol. The zero-order chi connectivity index (χ0) is 7.61.